The number of nitro groups is 1. The number of nitrogens with zero attached hydrogens (tertiary/aromatic N) is 1. The van der Waals surface area contributed by atoms with Gasteiger partial charge in [-0.15, -0.1) is 0 Å². The van der Waals surface area contributed by atoms with Gasteiger partial charge in [-0.3, -0.25) is 10.1 Å². The summed E-state index contributed by atoms with van der Waals surface area (Å²) in [5, 5.41) is 10.2. The Kier molecular flexibility index (Phi) is 3.36. The summed E-state index contributed by atoms with van der Waals surface area (Å²) in [6.45, 7) is 0. The van der Waals surface area contributed by atoms with Crippen LogP contribution >= 0.6 is 0 Å². The summed E-state index contributed by atoms with van der Waals surface area (Å²) in [6.07, 6.45) is 1.85. The third-order valence-electron chi connectivity index (χ3n) is 3.27. The van der Waals surface area contributed by atoms with Gasteiger partial charge in [-0.25, -0.2) is 8.42 Å². The maximum atomic E-state index is 12.4. The number of nitrogens with two attached hydrogens (primary N) is 1. The lowest BCUT2D eigenvalue weighted by atomic mass is 10.3. The molecule has 6 nitrogen and oxygen atoms in total. The van der Waals surface area contributed by atoms with Crippen molar-refractivity contribution in [1.29, 1.82) is 0 Å². The predicted molar refractivity (Wildman–Crippen MR) is 65.9 cm³/mol. The molecule has 1 aliphatic carbocycles. The van der Waals surface area contributed by atoms with Gasteiger partial charge in [-0.1, -0.05) is 18.6 Å². The van der Waals surface area contributed by atoms with Crippen molar-refractivity contribution in [2.75, 3.05) is 0 Å². The first-order valence-electron chi connectivity index (χ1n) is 5.67. The monoisotopic (exact) mass is 270 g/mol. The molecular weight excluding hydrogens is 256 g/mol. The van der Waals surface area contributed by atoms with Crippen LogP contribution in [0.1, 0.15) is 19.3 Å². The Morgan fingerprint density at radius 2 is 1.94 bits per heavy atom. The van der Waals surface area contributed by atoms with Gasteiger partial charge < -0.3 is 5.73 Å². The van der Waals surface area contributed by atoms with E-state index in [1.165, 1.54) is 24.3 Å². The molecule has 7 heteroatoms. The van der Waals surface area contributed by atoms with Crippen LogP contribution in [-0.2, 0) is 9.84 Å². The summed E-state index contributed by atoms with van der Waals surface area (Å²) in [7, 11) is -3.73. The van der Waals surface area contributed by atoms with Crippen molar-refractivity contribution in [3.63, 3.8) is 0 Å². The van der Waals surface area contributed by atoms with Crippen LogP contribution in [0.2, 0.25) is 0 Å². The number of rotatable bonds is 3. The Morgan fingerprint density at radius 1 is 1.28 bits per heavy atom. The molecule has 0 amide bonds. The van der Waals surface area contributed by atoms with E-state index in [4.69, 9.17) is 5.73 Å². The first-order chi connectivity index (χ1) is 8.44. The normalized spacial score (nSPS) is 24.1. The topological polar surface area (TPSA) is 103 Å². The number of hydrogen-bond donors (Lipinski definition) is 1. The highest BCUT2D eigenvalue weighted by Gasteiger charge is 2.39. The number of hydrogen-bond acceptors (Lipinski definition) is 5. The van der Waals surface area contributed by atoms with Crippen LogP contribution in [0.3, 0.4) is 0 Å². The number of para-hydroxylation sites is 1. The second-order valence-corrected chi connectivity index (χ2v) is 6.54. The summed E-state index contributed by atoms with van der Waals surface area (Å²) in [6, 6.07) is 4.98. The maximum absolute atomic E-state index is 12.4. The average Bonchev–Trinajstić information content (AvgIpc) is 2.76. The highest BCUT2D eigenvalue weighted by molar-refractivity contribution is 7.92. The summed E-state index contributed by atoms with van der Waals surface area (Å²) in [5.74, 6) is 0. The minimum absolute atomic E-state index is 0.225. The lowest BCUT2D eigenvalue weighted by Gasteiger charge is -2.16. The molecule has 0 aliphatic heterocycles. The van der Waals surface area contributed by atoms with E-state index in [-0.39, 0.29) is 10.6 Å². The summed E-state index contributed by atoms with van der Waals surface area (Å²) < 4.78 is 24.8. The molecule has 2 N–H and O–H groups in total. The summed E-state index contributed by atoms with van der Waals surface area (Å²) in [5.41, 5.74) is 5.40. The van der Waals surface area contributed by atoms with Crippen molar-refractivity contribution in [2.24, 2.45) is 5.73 Å². The molecule has 98 valence electrons. The van der Waals surface area contributed by atoms with Crippen LogP contribution < -0.4 is 5.73 Å². The standard InChI is InChI=1S/C11H14N2O4S/c12-8-4-3-7-10(8)18(16,17)11-6-2-1-5-9(11)13(14)15/h1-2,5-6,8,10H,3-4,7,12H2. The fraction of sp³-hybridized carbons (Fsp3) is 0.455. The van der Waals surface area contributed by atoms with E-state index in [9.17, 15) is 18.5 Å². The first-order valence-corrected chi connectivity index (χ1v) is 7.22. The van der Waals surface area contributed by atoms with E-state index in [1.54, 1.807) is 0 Å². The molecule has 2 rings (SSSR count). The maximum Gasteiger partial charge on any atom is 0.287 e. The van der Waals surface area contributed by atoms with Crippen molar-refractivity contribution in [3.05, 3.63) is 34.4 Å². The van der Waals surface area contributed by atoms with E-state index in [0.29, 0.717) is 12.8 Å². The zero-order valence-electron chi connectivity index (χ0n) is 9.65. The van der Waals surface area contributed by atoms with Gasteiger partial charge in [-0.2, -0.15) is 0 Å². The van der Waals surface area contributed by atoms with Crippen LogP contribution in [0, 0.1) is 10.1 Å². The van der Waals surface area contributed by atoms with Gasteiger partial charge in [0, 0.05) is 12.1 Å². The second kappa shape index (κ2) is 4.66. The molecule has 0 aromatic heterocycles. The Bertz CT molecular complexity index is 570. The molecular formula is C11H14N2O4S. The molecule has 0 bridgehead atoms. The Hall–Kier alpha value is -1.47. The summed E-state index contributed by atoms with van der Waals surface area (Å²) >= 11 is 0. The third kappa shape index (κ3) is 2.11. The van der Waals surface area contributed by atoms with E-state index in [2.05, 4.69) is 0 Å². The minimum atomic E-state index is -3.73. The highest BCUT2D eigenvalue weighted by Crippen LogP contribution is 2.33. The quantitative estimate of drug-likeness (QED) is 0.657. The van der Waals surface area contributed by atoms with E-state index >= 15 is 0 Å². The Labute approximate surface area is 105 Å². The van der Waals surface area contributed by atoms with Crippen LogP contribution in [0.4, 0.5) is 5.69 Å². The molecule has 18 heavy (non-hydrogen) atoms. The molecule has 1 aromatic carbocycles. The largest absolute Gasteiger partial charge is 0.327 e. The molecule has 1 saturated carbocycles. The van der Waals surface area contributed by atoms with Crippen molar-refractivity contribution < 1.29 is 13.3 Å². The van der Waals surface area contributed by atoms with Gasteiger partial charge in [0.1, 0.15) is 4.90 Å². The van der Waals surface area contributed by atoms with Crippen molar-refractivity contribution in [3.8, 4) is 0 Å². The van der Waals surface area contributed by atoms with Gasteiger partial charge in [0.2, 0.25) is 0 Å². The number of sulfone groups is 1. The predicted octanol–water partition coefficient (Wildman–Crippen LogP) is 1.25. The van der Waals surface area contributed by atoms with Gasteiger partial charge in [-0.05, 0) is 18.9 Å². The molecule has 1 aromatic rings. The van der Waals surface area contributed by atoms with Crippen molar-refractivity contribution in [1.82, 2.24) is 0 Å². The minimum Gasteiger partial charge on any atom is -0.327 e. The van der Waals surface area contributed by atoms with Crippen molar-refractivity contribution >= 4 is 15.5 Å². The second-order valence-electron chi connectivity index (χ2n) is 4.40. The van der Waals surface area contributed by atoms with Crippen LogP contribution in [-0.4, -0.2) is 24.6 Å². The molecule has 1 fully saturated rings. The van der Waals surface area contributed by atoms with Crippen LogP contribution in [0.25, 0.3) is 0 Å². The molecule has 0 saturated heterocycles. The molecule has 0 radical (unpaired) electrons. The van der Waals surface area contributed by atoms with Gasteiger partial charge in [0.05, 0.1) is 10.2 Å². The molecule has 0 heterocycles. The van der Waals surface area contributed by atoms with Crippen molar-refractivity contribution in [2.45, 2.75) is 35.4 Å². The van der Waals surface area contributed by atoms with E-state index in [0.717, 1.165) is 6.42 Å². The zero-order chi connectivity index (χ0) is 13.3. The van der Waals surface area contributed by atoms with Crippen LogP contribution in [0.5, 0.6) is 0 Å². The summed E-state index contributed by atoms with van der Waals surface area (Å²) in [4.78, 5) is 9.98. The zero-order valence-corrected chi connectivity index (χ0v) is 10.5. The van der Waals surface area contributed by atoms with Gasteiger partial charge in [0.25, 0.3) is 5.69 Å². The SMILES string of the molecule is NC1CCCC1S(=O)(=O)c1ccccc1[N+](=O)[O-]. The Balaban J connectivity index is 2.51. The van der Waals surface area contributed by atoms with Crippen LogP contribution in [0.15, 0.2) is 29.2 Å². The highest BCUT2D eigenvalue weighted by atomic mass is 32.2. The lowest BCUT2D eigenvalue weighted by molar-refractivity contribution is -0.387. The smallest absolute Gasteiger partial charge is 0.287 e. The number of nitro benzene ring substituents is 1. The third-order valence-corrected chi connectivity index (χ3v) is 5.61. The molecule has 2 unspecified atom stereocenters. The molecule has 0 spiro atoms. The number of benzene rings is 1. The molecule has 2 atom stereocenters. The van der Waals surface area contributed by atoms with E-state index < -0.39 is 26.1 Å². The Morgan fingerprint density at radius 3 is 2.50 bits per heavy atom. The fourth-order valence-corrected chi connectivity index (χ4v) is 4.45. The van der Waals surface area contributed by atoms with Gasteiger partial charge >= 0.3 is 0 Å². The first kappa shape index (κ1) is 13.0. The lowest BCUT2D eigenvalue weighted by Crippen LogP contribution is -2.36. The van der Waals surface area contributed by atoms with E-state index in [1.807, 2.05) is 0 Å². The molecule has 1 aliphatic rings. The van der Waals surface area contributed by atoms with Gasteiger partial charge in [0.15, 0.2) is 9.84 Å². The fourth-order valence-electron chi connectivity index (χ4n) is 2.35. The average molecular weight is 270 g/mol.